The highest BCUT2D eigenvalue weighted by atomic mass is 16.5. The second-order valence-electron chi connectivity index (χ2n) is 5.98. The normalized spacial score (nSPS) is 12.9. The number of rotatable bonds is 6. The molecule has 9 nitrogen and oxygen atoms in total. The van der Waals surface area contributed by atoms with Gasteiger partial charge in [0.2, 0.25) is 0 Å². The first-order valence-corrected chi connectivity index (χ1v) is 7.84. The molecule has 0 saturated heterocycles. The molecule has 0 unspecified atom stereocenters. The number of methoxy groups -OCH3 is 1. The Labute approximate surface area is 140 Å². The van der Waals surface area contributed by atoms with Gasteiger partial charge in [-0.3, -0.25) is 4.68 Å². The molecule has 0 spiro atoms. The van der Waals surface area contributed by atoms with E-state index in [1.807, 2.05) is 18.5 Å². The Morgan fingerprint density at radius 1 is 1.25 bits per heavy atom. The molecule has 3 heterocycles. The van der Waals surface area contributed by atoms with Crippen LogP contribution in [0.25, 0.3) is 11.0 Å². The van der Waals surface area contributed by atoms with Gasteiger partial charge in [-0.25, -0.2) is 9.97 Å². The van der Waals surface area contributed by atoms with Crippen LogP contribution in [0.3, 0.4) is 0 Å². The van der Waals surface area contributed by atoms with E-state index in [-0.39, 0.29) is 12.1 Å². The molecule has 128 valence electrons. The van der Waals surface area contributed by atoms with Gasteiger partial charge in [0.1, 0.15) is 18.8 Å². The van der Waals surface area contributed by atoms with Crippen molar-refractivity contribution < 1.29 is 4.74 Å². The first-order valence-electron chi connectivity index (χ1n) is 7.84. The molecule has 3 aromatic rings. The van der Waals surface area contributed by atoms with Gasteiger partial charge in [-0.05, 0) is 20.8 Å². The van der Waals surface area contributed by atoms with E-state index in [0.717, 1.165) is 16.9 Å². The number of nitrogens with one attached hydrogen (secondary N) is 1. The van der Waals surface area contributed by atoms with Crippen molar-refractivity contribution in [1.82, 2.24) is 34.5 Å². The van der Waals surface area contributed by atoms with Crippen LogP contribution in [0.2, 0.25) is 0 Å². The summed E-state index contributed by atoms with van der Waals surface area (Å²) in [4.78, 5) is 9.06. The lowest BCUT2D eigenvalue weighted by Gasteiger charge is -2.18. The predicted octanol–water partition coefficient (Wildman–Crippen LogP) is 1.86. The zero-order valence-corrected chi connectivity index (χ0v) is 14.6. The van der Waals surface area contributed by atoms with E-state index in [1.165, 1.54) is 0 Å². The molecule has 0 aromatic carbocycles. The number of aryl methyl sites for hydroxylation is 1. The van der Waals surface area contributed by atoms with E-state index >= 15 is 0 Å². The van der Waals surface area contributed by atoms with E-state index in [0.29, 0.717) is 18.2 Å². The van der Waals surface area contributed by atoms with Crippen molar-refractivity contribution in [3.8, 4) is 0 Å². The molecule has 1 atom stereocenters. The van der Waals surface area contributed by atoms with E-state index in [2.05, 4.69) is 44.4 Å². The number of anilines is 1. The summed E-state index contributed by atoms with van der Waals surface area (Å²) in [5.41, 5.74) is 0.761. The van der Waals surface area contributed by atoms with Crippen LogP contribution in [0.5, 0.6) is 0 Å². The highest BCUT2D eigenvalue weighted by molar-refractivity contribution is 5.86. The van der Waals surface area contributed by atoms with Crippen molar-refractivity contribution >= 4 is 16.9 Å². The lowest BCUT2D eigenvalue weighted by Crippen LogP contribution is -2.16. The van der Waals surface area contributed by atoms with Gasteiger partial charge in [0.05, 0.1) is 17.6 Å². The minimum absolute atomic E-state index is 0.0661. The molecule has 0 amide bonds. The van der Waals surface area contributed by atoms with Crippen molar-refractivity contribution in [2.45, 2.75) is 39.5 Å². The van der Waals surface area contributed by atoms with Crippen LogP contribution in [-0.4, -0.2) is 41.6 Å². The second kappa shape index (κ2) is 6.52. The van der Waals surface area contributed by atoms with Crippen LogP contribution in [0.15, 0.2) is 12.5 Å². The van der Waals surface area contributed by atoms with Crippen molar-refractivity contribution in [2.75, 3.05) is 12.4 Å². The van der Waals surface area contributed by atoms with Gasteiger partial charge in [0.25, 0.3) is 0 Å². The Bertz CT molecular complexity index is 837. The summed E-state index contributed by atoms with van der Waals surface area (Å²) in [6.45, 7) is 6.57. The third-order valence-corrected chi connectivity index (χ3v) is 3.81. The van der Waals surface area contributed by atoms with Crippen molar-refractivity contribution in [3.63, 3.8) is 0 Å². The average molecular weight is 330 g/mol. The van der Waals surface area contributed by atoms with Crippen LogP contribution in [0.1, 0.15) is 44.5 Å². The van der Waals surface area contributed by atoms with Gasteiger partial charge in [0.15, 0.2) is 17.3 Å². The van der Waals surface area contributed by atoms with Crippen molar-refractivity contribution in [3.05, 3.63) is 24.2 Å². The van der Waals surface area contributed by atoms with Gasteiger partial charge < -0.3 is 14.6 Å². The van der Waals surface area contributed by atoms with Gasteiger partial charge in [-0.15, -0.1) is 10.2 Å². The summed E-state index contributed by atoms with van der Waals surface area (Å²) in [6.07, 6.45) is 3.50. The predicted molar refractivity (Wildman–Crippen MR) is 89.5 cm³/mol. The maximum atomic E-state index is 5.17. The highest BCUT2D eigenvalue weighted by Gasteiger charge is 2.18. The second-order valence-corrected chi connectivity index (χ2v) is 5.98. The van der Waals surface area contributed by atoms with Gasteiger partial charge in [-0.1, -0.05) is 0 Å². The van der Waals surface area contributed by atoms with Crippen LogP contribution in [0, 0.1) is 0 Å². The van der Waals surface area contributed by atoms with Gasteiger partial charge in [-0.2, -0.15) is 5.10 Å². The number of hydrogen-bond acceptors (Lipinski definition) is 7. The largest absolute Gasteiger partial charge is 0.377 e. The summed E-state index contributed by atoms with van der Waals surface area (Å²) in [5, 5.41) is 16.8. The van der Waals surface area contributed by atoms with Crippen molar-refractivity contribution in [2.24, 2.45) is 7.05 Å². The maximum absolute atomic E-state index is 5.17. The fourth-order valence-electron chi connectivity index (χ4n) is 2.60. The minimum Gasteiger partial charge on any atom is -0.377 e. The average Bonchev–Trinajstić information content (AvgIpc) is 3.15. The molecular weight excluding hydrogens is 308 g/mol. The molecule has 0 saturated carbocycles. The number of nitrogens with zero attached hydrogens (tertiary/aromatic N) is 7. The monoisotopic (exact) mass is 330 g/mol. The van der Waals surface area contributed by atoms with Crippen molar-refractivity contribution in [1.29, 1.82) is 0 Å². The smallest absolute Gasteiger partial charge is 0.163 e. The molecule has 1 N–H and O–H groups in total. The standard InChI is InChI=1S/C15H22N8O/c1-9(2)23-8-16-21-14(23)10(3)18-13-11-6-17-22(4)15(11)20-12(19-13)7-24-5/h6,8-10H,7H2,1-5H3,(H,18,19,20)/t10-/m1/s1. The molecule has 0 bridgehead atoms. The Morgan fingerprint density at radius 3 is 2.75 bits per heavy atom. The maximum Gasteiger partial charge on any atom is 0.163 e. The summed E-state index contributed by atoms with van der Waals surface area (Å²) >= 11 is 0. The highest BCUT2D eigenvalue weighted by Crippen LogP contribution is 2.24. The Kier molecular flexibility index (Phi) is 4.43. The number of fused-ring (bicyclic) bond motifs is 1. The summed E-state index contributed by atoms with van der Waals surface area (Å²) in [6, 6.07) is 0.218. The first kappa shape index (κ1) is 16.3. The number of aromatic nitrogens is 7. The molecule has 9 heteroatoms. The Hall–Kier alpha value is -2.55. The molecule has 0 fully saturated rings. The van der Waals surface area contributed by atoms with E-state index in [4.69, 9.17) is 4.74 Å². The van der Waals surface area contributed by atoms with E-state index in [9.17, 15) is 0 Å². The quantitative estimate of drug-likeness (QED) is 0.737. The molecule has 3 rings (SSSR count). The van der Waals surface area contributed by atoms with Gasteiger partial charge >= 0.3 is 0 Å². The topological polar surface area (TPSA) is 95.6 Å². The van der Waals surface area contributed by atoms with Gasteiger partial charge in [0, 0.05) is 20.2 Å². The Balaban J connectivity index is 1.98. The van der Waals surface area contributed by atoms with Crippen LogP contribution in [0.4, 0.5) is 5.82 Å². The molecule has 24 heavy (non-hydrogen) atoms. The third kappa shape index (κ3) is 2.94. The SMILES string of the molecule is COCc1nc(N[C@H](C)c2nncn2C(C)C)c2cnn(C)c2n1. The lowest BCUT2D eigenvalue weighted by atomic mass is 10.2. The molecule has 0 aliphatic rings. The van der Waals surface area contributed by atoms with Crippen LogP contribution in [-0.2, 0) is 18.4 Å². The fourth-order valence-corrected chi connectivity index (χ4v) is 2.60. The Morgan fingerprint density at radius 2 is 2.04 bits per heavy atom. The number of ether oxygens (including phenoxy) is 1. The molecule has 0 radical (unpaired) electrons. The zero-order chi connectivity index (χ0) is 17.3. The first-order chi connectivity index (χ1) is 11.5. The lowest BCUT2D eigenvalue weighted by molar-refractivity contribution is 0.178. The van der Waals surface area contributed by atoms with Crippen LogP contribution < -0.4 is 5.32 Å². The van der Waals surface area contributed by atoms with E-state index in [1.54, 1.807) is 24.3 Å². The summed E-state index contributed by atoms with van der Waals surface area (Å²) in [5.74, 6) is 2.17. The molecule has 0 aliphatic carbocycles. The molecular formula is C15H22N8O. The van der Waals surface area contributed by atoms with Crippen LogP contribution >= 0.6 is 0 Å². The summed E-state index contributed by atoms with van der Waals surface area (Å²) < 4.78 is 8.93. The molecule has 0 aliphatic heterocycles. The third-order valence-electron chi connectivity index (χ3n) is 3.81. The minimum atomic E-state index is -0.0661. The fraction of sp³-hybridized carbons (Fsp3) is 0.533. The van der Waals surface area contributed by atoms with E-state index < -0.39 is 0 Å². The number of hydrogen-bond donors (Lipinski definition) is 1. The molecule has 3 aromatic heterocycles. The summed E-state index contributed by atoms with van der Waals surface area (Å²) in [7, 11) is 3.48. The zero-order valence-electron chi connectivity index (χ0n) is 14.6.